The molecule has 0 radical (unpaired) electrons. The summed E-state index contributed by atoms with van der Waals surface area (Å²) in [6.45, 7) is 1.88. The van der Waals surface area contributed by atoms with Crippen molar-refractivity contribution in [1.29, 1.82) is 0 Å². The fourth-order valence-corrected chi connectivity index (χ4v) is 1.35. The van der Waals surface area contributed by atoms with Gasteiger partial charge in [-0.15, -0.1) is 0 Å². The molecule has 78 valence electrons. The SMILES string of the molecule is C[NH+](C)CCCOc1cccc(Cl)c1. The van der Waals surface area contributed by atoms with Gasteiger partial charge in [0, 0.05) is 11.4 Å². The van der Waals surface area contributed by atoms with E-state index >= 15 is 0 Å². The van der Waals surface area contributed by atoms with Gasteiger partial charge in [-0.3, -0.25) is 0 Å². The van der Waals surface area contributed by atoms with E-state index in [1.54, 1.807) is 0 Å². The Morgan fingerprint density at radius 3 is 2.79 bits per heavy atom. The van der Waals surface area contributed by atoms with Gasteiger partial charge in [0.05, 0.1) is 27.2 Å². The molecule has 0 heterocycles. The molecule has 0 unspecified atom stereocenters. The van der Waals surface area contributed by atoms with Crippen molar-refractivity contribution in [3.63, 3.8) is 0 Å². The molecule has 0 saturated carbocycles. The molecule has 0 atom stereocenters. The van der Waals surface area contributed by atoms with Crippen molar-refractivity contribution < 1.29 is 9.64 Å². The van der Waals surface area contributed by atoms with Crippen LogP contribution in [0.25, 0.3) is 0 Å². The number of halogens is 1. The first-order valence-corrected chi connectivity index (χ1v) is 5.23. The predicted octanol–water partition coefficient (Wildman–Crippen LogP) is 1.25. The molecule has 0 aliphatic rings. The van der Waals surface area contributed by atoms with Crippen molar-refractivity contribution in [3.8, 4) is 5.75 Å². The standard InChI is InChI=1S/C11H16ClNO/c1-13(2)7-4-8-14-11-6-3-5-10(12)9-11/h3,5-6,9H,4,7-8H2,1-2H3/p+1. The van der Waals surface area contributed by atoms with E-state index in [9.17, 15) is 0 Å². The predicted molar refractivity (Wildman–Crippen MR) is 59.2 cm³/mol. The third kappa shape index (κ3) is 4.49. The second-order valence-electron chi connectivity index (χ2n) is 3.62. The van der Waals surface area contributed by atoms with E-state index in [2.05, 4.69) is 14.1 Å². The average Bonchev–Trinajstić information content (AvgIpc) is 2.12. The molecule has 0 saturated heterocycles. The van der Waals surface area contributed by atoms with Gasteiger partial charge in [0.2, 0.25) is 0 Å². The Morgan fingerprint density at radius 2 is 2.14 bits per heavy atom. The molecule has 0 bridgehead atoms. The third-order valence-electron chi connectivity index (χ3n) is 1.89. The monoisotopic (exact) mass is 214 g/mol. The molecule has 2 nitrogen and oxygen atoms in total. The normalized spacial score (nSPS) is 10.6. The quantitative estimate of drug-likeness (QED) is 0.729. The van der Waals surface area contributed by atoms with E-state index in [0.717, 1.165) is 30.3 Å². The number of nitrogens with one attached hydrogen (secondary N) is 1. The number of benzene rings is 1. The van der Waals surface area contributed by atoms with E-state index < -0.39 is 0 Å². The van der Waals surface area contributed by atoms with Crippen LogP contribution < -0.4 is 9.64 Å². The van der Waals surface area contributed by atoms with Crippen molar-refractivity contribution in [2.45, 2.75) is 6.42 Å². The molecule has 0 amide bonds. The van der Waals surface area contributed by atoms with Gasteiger partial charge in [-0.05, 0) is 18.2 Å². The van der Waals surface area contributed by atoms with Gasteiger partial charge in [0.15, 0.2) is 0 Å². The molecule has 0 spiro atoms. The van der Waals surface area contributed by atoms with Gasteiger partial charge < -0.3 is 9.64 Å². The van der Waals surface area contributed by atoms with E-state index in [1.807, 2.05) is 24.3 Å². The second kappa shape index (κ2) is 5.89. The fourth-order valence-electron chi connectivity index (χ4n) is 1.17. The molecule has 1 rings (SSSR count). The van der Waals surface area contributed by atoms with Crippen LogP contribution in [0, 0.1) is 0 Å². The second-order valence-corrected chi connectivity index (χ2v) is 4.05. The van der Waals surface area contributed by atoms with E-state index in [0.29, 0.717) is 0 Å². The van der Waals surface area contributed by atoms with Gasteiger partial charge in [0.1, 0.15) is 5.75 Å². The lowest BCUT2D eigenvalue weighted by Crippen LogP contribution is -3.05. The minimum absolute atomic E-state index is 0.723. The highest BCUT2D eigenvalue weighted by molar-refractivity contribution is 6.30. The van der Waals surface area contributed by atoms with Crippen LogP contribution in [0.2, 0.25) is 5.02 Å². The number of hydrogen-bond donors (Lipinski definition) is 1. The van der Waals surface area contributed by atoms with Crippen molar-refractivity contribution >= 4 is 11.6 Å². The minimum atomic E-state index is 0.723. The van der Waals surface area contributed by atoms with Crippen LogP contribution in [0.3, 0.4) is 0 Å². The number of quaternary nitrogens is 1. The van der Waals surface area contributed by atoms with Gasteiger partial charge in [-0.25, -0.2) is 0 Å². The Balaban J connectivity index is 2.25. The number of ether oxygens (including phenoxy) is 1. The summed E-state index contributed by atoms with van der Waals surface area (Å²) >= 11 is 5.82. The lowest BCUT2D eigenvalue weighted by molar-refractivity contribution is -0.858. The molecule has 1 N–H and O–H groups in total. The molecule has 1 aromatic carbocycles. The molecule has 1 aromatic rings. The zero-order valence-electron chi connectivity index (χ0n) is 8.72. The van der Waals surface area contributed by atoms with Crippen LogP contribution in [0.1, 0.15) is 6.42 Å². The molecule has 0 aliphatic carbocycles. The topological polar surface area (TPSA) is 13.7 Å². The van der Waals surface area contributed by atoms with Gasteiger partial charge in [-0.2, -0.15) is 0 Å². The van der Waals surface area contributed by atoms with E-state index in [4.69, 9.17) is 16.3 Å². The maximum atomic E-state index is 5.82. The summed E-state index contributed by atoms with van der Waals surface area (Å²) in [4.78, 5) is 1.44. The Bertz CT molecular complexity index is 276. The van der Waals surface area contributed by atoms with Crippen LogP contribution >= 0.6 is 11.6 Å². The highest BCUT2D eigenvalue weighted by atomic mass is 35.5. The van der Waals surface area contributed by atoms with Crippen LogP contribution in [0.4, 0.5) is 0 Å². The smallest absolute Gasteiger partial charge is 0.120 e. The van der Waals surface area contributed by atoms with Crippen molar-refractivity contribution in [1.82, 2.24) is 0 Å². The van der Waals surface area contributed by atoms with E-state index in [1.165, 1.54) is 4.90 Å². The summed E-state index contributed by atoms with van der Waals surface area (Å²) < 4.78 is 5.54. The Hall–Kier alpha value is -0.730. The molecular formula is C11H17ClNO+. The van der Waals surface area contributed by atoms with Crippen LogP contribution in [0.15, 0.2) is 24.3 Å². The van der Waals surface area contributed by atoms with Gasteiger partial charge in [0.25, 0.3) is 0 Å². The molecule has 3 heteroatoms. The highest BCUT2D eigenvalue weighted by Crippen LogP contribution is 2.16. The maximum absolute atomic E-state index is 5.82. The molecular weight excluding hydrogens is 198 g/mol. The van der Waals surface area contributed by atoms with Gasteiger partial charge in [-0.1, -0.05) is 17.7 Å². The highest BCUT2D eigenvalue weighted by Gasteiger charge is 1.96. The zero-order valence-corrected chi connectivity index (χ0v) is 9.47. The summed E-state index contributed by atoms with van der Waals surface area (Å²) in [5.41, 5.74) is 0. The first-order valence-electron chi connectivity index (χ1n) is 4.86. The van der Waals surface area contributed by atoms with Crippen LogP contribution in [0.5, 0.6) is 5.75 Å². The summed E-state index contributed by atoms with van der Waals surface area (Å²) in [5, 5.41) is 0.723. The fraction of sp³-hybridized carbons (Fsp3) is 0.455. The summed E-state index contributed by atoms with van der Waals surface area (Å²) in [5.74, 6) is 0.853. The van der Waals surface area contributed by atoms with Crippen molar-refractivity contribution in [3.05, 3.63) is 29.3 Å². The molecule has 0 fully saturated rings. The number of rotatable bonds is 5. The largest absolute Gasteiger partial charge is 0.493 e. The summed E-state index contributed by atoms with van der Waals surface area (Å²) in [7, 11) is 4.28. The molecule has 0 aromatic heterocycles. The summed E-state index contributed by atoms with van der Waals surface area (Å²) in [6, 6.07) is 7.51. The molecule has 0 aliphatic heterocycles. The maximum Gasteiger partial charge on any atom is 0.120 e. The Kier molecular flexibility index (Phi) is 4.77. The molecule has 14 heavy (non-hydrogen) atoms. The Labute approximate surface area is 90.4 Å². The van der Waals surface area contributed by atoms with Crippen LogP contribution in [-0.2, 0) is 0 Å². The number of hydrogen-bond acceptors (Lipinski definition) is 1. The minimum Gasteiger partial charge on any atom is -0.493 e. The first-order chi connectivity index (χ1) is 6.68. The zero-order chi connectivity index (χ0) is 10.4. The van der Waals surface area contributed by atoms with Crippen molar-refractivity contribution in [2.75, 3.05) is 27.2 Å². The lowest BCUT2D eigenvalue weighted by Gasteiger charge is -2.08. The van der Waals surface area contributed by atoms with Crippen LogP contribution in [-0.4, -0.2) is 27.2 Å². The average molecular weight is 215 g/mol. The first kappa shape index (κ1) is 11.3. The Morgan fingerprint density at radius 1 is 1.36 bits per heavy atom. The lowest BCUT2D eigenvalue weighted by atomic mass is 10.3. The van der Waals surface area contributed by atoms with Crippen molar-refractivity contribution in [2.24, 2.45) is 0 Å². The third-order valence-corrected chi connectivity index (χ3v) is 2.12. The summed E-state index contributed by atoms with van der Waals surface area (Å²) in [6.07, 6.45) is 1.06. The van der Waals surface area contributed by atoms with Gasteiger partial charge >= 0.3 is 0 Å². The van der Waals surface area contributed by atoms with E-state index in [-0.39, 0.29) is 0 Å².